The molecular weight excluding hydrogens is 499 g/mol. The average Bonchev–Trinajstić information content (AvgIpc) is 2.95. The zero-order valence-electron chi connectivity index (χ0n) is 20.7. The summed E-state index contributed by atoms with van der Waals surface area (Å²) in [6.07, 6.45) is 6.63. The summed E-state index contributed by atoms with van der Waals surface area (Å²) in [5, 5.41) is 3.55. The number of halogens is 1. The first-order valence-corrected chi connectivity index (χ1v) is 12.6. The Morgan fingerprint density at radius 2 is 1.69 bits per heavy atom. The standard InChI is InChI=1S/C30H23FN4O4/c31-18-7-11-20(12-8-18)35-17-3-6-24(30(35)38)29(37)33-19-9-13-21(14-10-19)39-25-15-16-32-27-26(25)22-4-1-2-5-23(22)28(36)34-27/h3,6-17H,1-2,4-5H2,(H,33,37)(H,32,34,36). The number of hydrogen-bond donors (Lipinski definition) is 2. The number of aryl methyl sites for hydroxylation is 1. The van der Waals surface area contributed by atoms with E-state index in [-0.39, 0.29) is 11.1 Å². The van der Waals surface area contributed by atoms with E-state index in [0.29, 0.717) is 28.5 Å². The number of aromatic amines is 1. The molecule has 39 heavy (non-hydrogen) atoms. The van der Waals surface area contributed by atoms with Crippen LogP contribution in [0.2, 0.25) is 0 Å². The second-order valence-electron chi connectivity index (χ2n) is 9.31. The number of rotatable bonds is 5. The highest BCUT2D eigenvalue weighted by Crippen LogP contribution is 2.34. The molecule has 0 fully saturated rings. The zero-order valence-corrected chi connectivity index (χ0v) is 20.7. The van der Waals surface area contributed by atoms with Gasteiger partial charge in [-0.15, -0.1) is 0 Å². The molecule has 0 bridgehead atoms. The molecule has 1 aliphatic rings. The Hall–Kier alpha value is -5.05. The van der Waals surface area contributed by atoms with E-state index < -0.39 is 17.3 Å². The number of carbonyl (C=O) groups is 1. The highest BCUT2D eigenvalue weighted by atomic mass is 19.1. The molecule has 0 saturated carbocycles. The van der Waals surface area contributed by atoms with Gasteiger partial charge in [0.2, 0.25) is 0 Å². The molecule has 3 heterocycles. The summed E-state index contributed by atoms with van der Waals surface area (Å²) < 4.78 is 20.7. The van der Waals surface area contributed by atoms with Crippen LogP contribution in [0.4, 0.5) is 10.1 Å². The molecule has 5 aromatic rings. The van der Waals surface area contributed by atoms with E-state index in [1.54, 1.807) is 42.6 Å². The fraction of sp³-hybridized carbons (Fsp3) is 0.133. The van der Waals surface area contributed by atoms with Crippen LogP contribution in [0.5, 0.6) is 11.5 Å². The molecule has 2 N–H and O–H groups in total. The van der Waals surface area contributed by atoms with Crippen LogP contribution < -0.4 is 21.2 Å². The molecule has 0 spiro atoms. The van der Waals surface area contributed by atoms with Crippen LogP contribution in [0.25, 0.3) is 16.7 Å². The first-order chi connectivity index (χ1) is 19.0. The Labute approximate surface area is 221 Å². The number of benzene rings is 2. The van der Waals surface area contributed by atoms with E-state index in [2.05, 4.69) is 15.3 Å². The van der Waals surface area contributed by atoms with E-state index in [1.807, 2.05) is 0 Å². The number of amides is 1. The number of nitrogens with one attached hydrogen (secondary N) is 2. The first-order valence-electron chi connectivity index (χ1n) is 12.6. The van der Waals surface area contributed by atoms with Crippen LogP contribution in [0.1, 0.15) is 34.3 Å². The lowest BCUT2D eigenvalue weighted by molar-refractivity contribution is 0.102. The maximum Gasteiger partial charge on any atom is 0.267 e. The van der Waals surface area contributed by atoms with Crippen LogP contribution >= 0.6 is 0 Å². The summed E-state index contributed by atoms with van der Waals surface area (Å²) in [4.78, 5) is 45.5. The molecule has 1 aliphatic carbocycles. The third kappa shape index (κ3) is 4.70. The number of anilines is 1. The molecule has 6 rings (SSSR count). The van der Waals surface area contributed by atoms with Crippen LogP contribution in [-0.2, 0) is 12.8 Å². The van der Waals surface area contributed by atoms with Crippen molar-refractivity contribution in [3.05, 3.63) is 122 Å². The Morgan fingerprint density at radius 3 is 2.46 bits per heavy atom. The quantitative estimate of drug-likeness (QED) is 0.333. The molecule has 2 aromatic carbocycles. The Kier molecular flexibility index (Phi) is 6.24. The van der Waals surface area contributed by atoms with Gasteiger partial charge >= 0.3 is 0 Å². The molecule has 0 aliphatic heterocycles. The fourth-order valence-electron chi connectivity index (χ4n) is 4.93. The van der Waals surface area contributed by atoms with Crippen LogP contribution in [0.15, 0.2) is 88.7 Å². The SMILES string of the molecule is O=C(Nc1ccc(Oc2ccnc3[nH]c(=O)c4c(c23)CCCC4)cc1)c1cccn(-c2ccc(F)cc2)c1=O. The number of pyridine rings is 3. The number of aromatic nitrogens is 3. The maximum atomic E-state index is 13.3. The van der Waals surface area contributed by atoms with Crippen molar-refractivity contribution >= 4 is 22.6 Å². The zero-order chi connectivity index (χ0) is 26.9. The number of ether oxygens (including phenoxy) is 1. The van der Waals surface area contributed by atoms with Crippen molar-refractivity contribution in [3.63, 3.8) is 0 Å². The predicted octanol–water partition coefficient (Wildman–Crippen LogP) is 5.14. The van der Waals surface area contributed by atoms with Gasteiger partial charge in [0.1, 0.15) is 28.5 Å². The van der Waals surface area contributed by atoms with Crippen molar-refractivity contribution in [2.45, 2.75) is 25.7 Å². The summed E-state index contributed by atoms with van der Waals surface area (Å²) in [5.41, 5.74) is 2.54. The van der Waals surface area contributed by atoms with Crippen molar-refractivity contribution < 1.29 is 13.9 Å². The Balaban J connectivity index is 1.23. The van der Waals surface area contributed by atoms with Gasteiger partial charge < -0.3 is 15.0 Å². The molecule has 0 unspecified atom stereocenters. The maximum absolute atomic E-state index is 13.3. The number of carbonyl (C=O) groups excluding carboxylic acids is 1. The smallest absolute Gasteiger partial charge is 0.267 e. The molecule has 0 radical (unpaired) electrons. The lowest BCUT2D eigenvalue weighted by Crippen LogP contribution is -2.27. The minimum Gasteiger partial charge on any atom is -0.457 e. The first kappa shape index (κ1) is 24.3. The van der Waals surface area contributed by atoms with Crippen LogP contribution in [-0.4, -0.2) is 20.4 Å². The minimum absolute atomic E-state index is 0.0517. The van der Waals surface area contributed by atoms with Gasteiger partial charge in [0, 0.05) is 29.3 Å². The van der Waals surface area contributed by atoms with E-state index in [0.717, 1.165) is 42.2 Å². The summed E-state index contributed by atoms with van der Waals surface area (Å²) >= 11 is 0. The molecule has 0 atom stereocenters. The summed E-state index contributed by atoms with van der Waals surface area (Å²) in [5.74, 6) is 0.145. The predicted molar refractivity (Wildman–Crippen MR) is 145 cm³/mol. The minimum atomic E-state index is -0.569. The number of H-pyrrole nitrogens is 1. The van der Waals surface area contributed by atoms with Crippen molar-refractivity contribution in [2.75, 3.05) is 5.32 Å². The van der Waals surface area contributed by atoms with Crippen molar-refractivity contribution in [1.82, 2.24) is 14.5 Å². The molecule has 8 nitrogen and oxygen atoms in total. The van der Waals surface area contributed by atoms with Gasteiger partial charge in [0.05, 0.1) is 5.39 Å². The topological polar surface area (TPSA) is 106 Å². The Bertz CT molecular complexity index is 1830. The van der Waals surface area contributed by atoms with Gasteiger partial charge in [0.15, 0.2) is 0 Å². The second-order valence-corrected chi connectivity index (χ2v) is 9.31. The number of nitrogens with zero attached hydrogens (tertiary/aromatic N) is 2. The molecule has 194 valence electrons. The van der Waals surface area contributed by atoms with Gasteiger partial charge in [-0.1, -0.05) is 0 Å². The van der Waals surface area contributed by atoms with Gasteiger partial charge in [-0.05, 0) is 98.0 Å². The largest absolute Gasteiger partial charge is 0.457 e. The van der Waals surface area contributed by atoms with Crippen LogP contribution in [0, 0.1) is 5.82 Å². The lowest BCUT2D eigenvalue weighted by Gasteiger charge is -2.18. The lowest BCUT2D eigenvalue weighted by atomic mass is 9.90. The van der Waals surface area contributed by atoms with Crippen LogP contribution in [0.3, 0.4) is 0 Å². The van der Waals surface area contributed by atoms with Gasteiger partial charge in [-0.3, -0.25) is 19.0 Å². The monoisotopic (exact) mass is 522 g/mol. The summed E-state index contributed by atoms with van der Waals surface area (Å²) in [6.45, 7) is 0. The van der Waals surface area contributed by atoms with E-state index >= 15 is 0 Å². The highest BCUT2D eigenvalue weighted by Gasteiger charge is 2.20. The third-order valence-corrected chi connectivity index (χ3v) is 6.83. The summed E-state index contributed by atoms with van der Waals surface area (Å²) in [7, 11) is 0. The second kappa shape index (κ2) is 10.0. The molecule has 0 saturated heterocycles. The van der Waals surface area contributed by atoms with Gasteiger partial charge in [-0.2, -0.15) is 0 Å². The van der Waals surface area contributed by atoms with E-state index in [1.165, 1.54) is 41.1 Å². The average molecular weight is 523 g/mol. The fourth-order valence-corrected chi connectivity index (χ4v) is 4.93. The molecule has 3 aromatic heterocycles. The van der Waals surface area contributed by atoms with Crippen molar-refractivity contribution in [2.24, 2.45) is 0 Å². The number of hydrogen-bond acceptors (Lipinski definition) is 5. The third-order valence-electron chi connectivity index (χ3n) is 6.83. The number of fused-ring (bicyclic) bond motifs is 3. The van der Waals surface area contributed by atoms with Crippen molar-refractivity contribution in [1.29, 1.82) is 0 Å². The van der Waals surface area contributed by atoms with E-state index in [9.17, 15) is 18.8 Å². The van der Waals surface area contributed by atoms with Crippen molar-refractivity contribution in [3.8, 4) is 17.2 Å². The molecule has 1 amide bonds. The Morgan fingerprint density at radius 1 is 0.949 bits per heavy atom. The molecular formula is C30H23FN4O4. The molecule has 9 heteroatoms. The normalized spacial score (nSPS) is 12.6. The van der Waals surface area contributed by atoms with Gasteiger partial charge in [0.25, 0.3) is 17.0 Å². The van der Waals surface area contributed by atoms with E-state index in [4.69, 9.17) is 4.74 Å². The van der Waals surface area contributed by atoms with Gasteiger partial charge in [-0.25, -0.2) is 9.37 Å². The summed E-state index contributed by atoms with van der Waals surface area (Å²) in [6, 6.07) is 17.0. The highest BCUT2D eigenvalue weighted by molar-refractivity contribution is 6.04.